The van der Waals surface area contributed by atoms with Crippen molar-refractivity contribution in [2.45, 2.75) is 26.6 Å². The van der Waals surface area contributed by atoms with Gasteiger partial charge in [0.25, 0.3) is 11.1 Å². The molecular formula is C23H22BrNO6S. The summed E-state index contributed by atoms with van der Waals surface area (Å²) in [6.07, 6.45) is 1.25. The number of carbonyl (C=O) groups is 3. The third kappa shape index (κ3) is 5.92. The molecule has 168 valence electrons. The molecule has 0 radical (unpaired) electrons. The predicted molar refractivity (Wildman–Crippen MR) is 125 cm³/mol. The van der Waals surface area contributed by atoms with Gasteiger partial charge in [0, 0.05) is 0 Å². The summed E-state index contributed by atoms with van der Waals surface area (Å²) in [6.45, 7) is 3.34. The van der Waals surface area contributed by atoms with E-state index in [1.807, 2.05) is 30.3 Å². The molecule has 0 bridgehead atoms. The number of imide groups is 1. The van der Waals surface area contributed by atoms with Crippen LogP contribution in [0.15, 0.2) is 51.8 Å². The molecule has 0 saturated carbocycles. The highest BCUT2D eigenvalue weighted by atomic mass is 79.9. The first-order valence-electron chi connectivity index (χ1n) is 9.77. The van der Waals surface area contributed by atoms with Crippen molar-refractivity contribution >= 4 is 50.9 Å². The molecular weight excluding hydrogens is 498 g/mol. The molecule has 32 heavy (non-hydrogen) atoms. The number of halogens is 1. The summed E-state index contributed by atoms with van der Waals surface area (Å²) in [5, 5.41) is -0.518. The maximum atomic E-state index is 12.6. The zero-order chi connectivity index (χ0) is 23.3. The SMILES string of the molecule is COc1cc(/C=C2\SC(=O)N(CC(=O)OC(C)C)C2=O)cc(Br)c1OCc1ccccc1. The van der Waals surface area contributed by atoms with Crippen molar-refractivity contribution in [1.82, 2.24) is 4.90 Å². The van der Waals surface area contributed by atoms with Crippen molar-refractivity contribution in [3.63, 3.8) is 0 Å². The predicted octanol–water partition coefficient (Wildman–Crippen LogP) is 5.02. The van der Waals surface area contributed by atoms with Crippen LogP contribution in [0.25, 0.3) is 6.08 Å². The number of thioether (sulfide) groups is 1. The number of carbonyl (C=O) groups excluding carboxylic acids is 3. The van der Waals surface area contributed by atoms with Crippen LogP contribution in [0, 0.1) is 0 Å². The van der Waals surface area contributed by atoms with E-state index in [2.05, 4.69) is 15.9 Å². The van der Waals surface area contributed by atoms with Crippen LogP contribution in [0.2, 0.25) is 0 Å². The van der Waals surface area contributed by atoms with Crippen LogP contribution in [0.1, 0.15) is 25.0 Å². The number of hydrogen-bond donors (Lipinski definition) is 0. The molecule has 2 amide bonds. The van der Waals surface area contributed by atoms with Gasteiger partial charge in [0.15, 0.2) is 11.5 Å². The van der Waals surface area contributed by atoms with E-state index in [0.717, 1.165) is 22.2 Å². The minimum atomic E-state index is -0.632. The van der Waals surface area contributed by atoms with Gasteiger partial charge in [-0.05, 0) is 70.9 Å². The van der Waals surface area contributed by atoms with E-state index in [0.29, 0.717) is 28.1 Å². The third-order valence-electron chi connectivity index (χ3n) is 4.30. The van der Waals surface area contributed by atoms with Crippen molar-refractivity contribution in [2.24, 2.45) is 0 Å². The minimum absolute atomic E-state index is 0.208. The molecule has 1 fully saturated rings. The maximum Gasteiger partial charge on any atom is 0.326 e. The molecule has 9 heteroatoms. The van der Waals surface area contributed by atoms with Gasteiger partial charge in [-0.1, -0.05) is 30.3 Å². The Bertz CT molecular complexity index is 1050. The second-order valence-corrected chi connectivity index (χ2v) is 8.96. The van der Waals surface area contributed by atoms with Crippen LogP contribution >= 0.6 is 27.7 Å². The first-order valence-corrected chi connectivity index (χ1v) is 11.4. The highest BCUT2D eigenvalue weighted by Gasteiger charge is 2.36. The highest BCUT2D eigenvalue weighted by Crippen LogP contribution is 2.39. The number of esters is 1. The summed E-state index contributed by atoms with van der Waals surface area (Å²) in [5.74, 6) is -0.174. The number of methoxy groups -OCH3 is 1. The molecule has 1 saturated heterocycles. The molecule has 7 nitrogen and oxygen atoms in total. The van der Waals surface area contributed by atoms with Crippen molar-refractivity contribution in [3.05, 3.63) is 63.0 Å². The van der Waals surface area contributed by atoms with Crippen LogP contribution < -0.4 is 9.47 Å². The lowest BCUT2D eigenvalue weighted by molar-refractivity contribution is -0.149. The van der Waals surface area contributed by atoms with E-state index in [9.17, 15) is 14.4 Å². The van der Waals surface area contributed by atoms with E-state index in [1.54, 1.807) is 32.1 Å². The van der Waals surface area contributed by atoms with E-state index >= 15 is 0 Å². The van der Waals surface area contributed by atoms with Crippen molar-refractivity contribution in [3.8, 4) is 11.5 Å². The average Bonchev–Trinajstić information content (AvgIpc) is 3.00. The number of rotatable bonds is 8. The van der Waals surface area contributed by atoms with Crippen molar-refractivity contribution in [1.29, 1.82) is 0 Å². The molecule has 0 aliphatic carbocycles. The number of nitrogens with zero attached hydrogens (tertiary/aromatic N) is 1. The van der Waals surface area contributed by atoms with E-state index in [-0.39, 0.29) is 11.0 Å². The van der Waals surface area contributed by atoms with Crippen LogP contribution in [0.4, 0.5) is 4.79 Å². The Labute approximate surface area is 198 Å². The maximum absolute atomic E-state index is 12.6. The Morgan fingerprint density at radius 3 is 2.56 bits per heavy atom. The summed E-state index contributed by atoms with van der Waals surface area (Å²) in [6, 6.07) is 13.2. The lowest BCUT2D eigenvalue weighted by atomic mass is 10.1. The zero-order valence-electron chi connectivity index (χ0n) is 17.8. The molecule has 0 N–H and O–H groups in total. The summed E-state index contributed by atoms with van der Waals surface area (Å²) < 4.78 is 17.0. The largest absolute Gasteiger partial charge is 0.493 e. The van der Waals surface area contributed by atoms with Gasteiger partial charge in [0.1, 0.15) is 13.2 Å². The fourth-order valence-corrected chi connectivity index (χ4v) is 4.32. The van der Waals surface area contributed by atoms with E-state index in [4.69, 9.17) is 14.2 Å². The Balaban J connectivity index is 1.78. The summed E-state index contributed by atoms with van der Waals surface area (Å²) in [7, 11) is 1.52. The molecule has 2 aromatic rings. The van der Waals surface area contributed by atoms with Gasteiger partial charge in [-0.15, -0.1) is 0 Å². The smallest absolute Gasteiger partial charge is 0.326 e. The van der Waals surface area contributed by atoms with Gasteiger partial charge < -0.3 is 14.2 Å². The van der Waals surface area contributed by atoms with Gasteiger partial charge >= 0.3 is 5.97 Å². The molecule has 1 aliphatic heterocycles. The Kier molecular flexibility index (Phi) is 7.98. The second kappa shape index (κ2) is 10.7. The molecule has 1 heterocycles. The molecule has 1 aliphatic rings. The third-order valence-corrected chi connectivity index (χ3v) is 5.80. The second-order valence-electron chi connectivity index (χ2n) is 7.11. The Morgan fingerprint density at radius 1 is 1.19 bits per heavy atom. The molecule has 0 aromatic heterocycles. The fourth-order valence-electron chi connectivity index (χ4n) is 2.91. The average molecular weight is 520 g/mol. The molecule has 3 rings (SSSR count). The number of ether oxygens (including phenoxy) is 3. The lowest BCUT2D eigenvalue weighted by Gasteiger charge is -2.14. The zero-order valence-corrected chi connectivity index (χ0v) is 20.2. The monoisotopic (exact) mass is 519 g/mol. The summed E-state index contributed by atoms with van der Waals surface area (Å²) in [4.78, 5) is 37.8. The van der Waals surface area contributed by atoms with Gasteiger partial charge in [0.05, 0.1) is 22.6 Å². The lowest BCUT2D eigenvalue weighted by Crippen LogP contribution is -2.35. The molecule has 0 unspecified atom stereocenters. The topological polar surface area (TPSA) is 82.1 Å². The quantitative estimate of drug-likeness (QED) is 0.357. The molecule has 0 spiro atoms. The normalized spacial score (nSPS) is 14.9. The van der Waals surface area contributed by atoms with Gasteiger partial charge in [-0.25, -0.2) is 0 Å². The molecule has 0 atom stereocenters. The van der Waals surface area contributed by atoms with Crippen LogP contribution in [0.5, 0.6) is 11.5 Å². The van der Waals surface area contributed by atoms with Gasteiger partial charge in [0.2, 0.25) is 0 Å². The molecule has 2 aromatic carbocycles. The first kappa shape index (κ1) is 23.9. The van der Waals surface area contributed by atoms with Crippen LogP contribution in [-0.2, 0) is 20.9 Å². The first-order chi connectivity index (χ1) is 15.3. The van der Waals surface area contributed by atoms with Crippen molar-refractivity contribution < 1.29 is 28.6 Å². The number of hydrogen-bond acceptors (Lipinski definition) is 7. The van der Waals surface area contributed by atoms with Gasteiger partial charge in [-0.3, -0.25) is 19.3 Å². The Hall–Kier alpha value is -2.78. The summed E-state index contributed by atoms with van der Waals surface area (Å²) >= 11 is 4.26. The summed E-state index contributed by atoms with van der Waals surface area (Å²) in [5.41, 5.74) is 1.64. The number of benzene rings is 2. The van der Waals surface area contributed by atoms with E-state index in [1.165, 1.54) is 7.11 Å². The van der Waals surface area contributed by atoms with Gasteiger partial charge in [-0.2, -0.15) is 0 Å². The van der Waals surface area contributed by atoms with Crippen LogP contribution in [-0.4, -0.2) is 41.8 Å². The fraction of sp³-hybridized carbons (Fsp3) is 0.261. The number of amides is 2. The minimum Gasteiger partial charge on any atom is -0.493 e. The van der Waals surface area contributed by atoms with Crippen molar-refractivity contribution in [2.75, 3.05) is 13.7 Å². The Morgan fingerprint density at radius 2 is 1.91 bits per heavy atom. The standard InChI is InChI=1S/C23H22BrNO6S/c1-14(2)31-20(26)12-25-22(27)19(32-23(25)28)11-16-9-17(24)21(18(10-16)29-3)30-13-15-7-5-4-6-8-15/h4-11,14H,12-13H2,1-3H3/b19-11-. The van der Waals surface area contributed by atoms with E-state index < -0.39 is 23.7 Å². The van der Waals surface area contributed by atoms with Crippen LogP contribution in [0.3, 0.4) is 0 Å². The highest BCUT2D eigenvalue weighted by molar-refractivity contribution is 9.10.